The van der Waals surface area contributed by atoms with Gasteiger partial charge in [-0.2, -0.15) is 0 Å². The Morgan fingerprint density at radius 1 is 1.39 bits per heavy atom. The van der Waals surface area contributed by atoms with Crippen molar-refractivity contribution in [2.24, 2.45) is 11.7 Å². The summed E-state index contributed by atoms with van der Waals surface area (Å²) in [4.78, 5) is 14.4. The SMILES string of the molecule is CCCN1CCC(NC(=O)[C@@H](N)C(C)CC)CC1. The highest BCUT2D eigenvalue weighted by Gasteiger charge is 2.24. The molecule has 1 fully saturated rings. The second-order valence-corrected chi connectivity index (χ2v) is 5.54. The summed E-state index contributed by atoms with van der Waals surface area (Å²) in [6.45, 7) is 9.68. The Balaban J connectivity index is 2.30. The standard InChI is InChI=1S/C14H29N3O/c1-4-8-17-9-6-12(7-10-17)16-14(18)13(15)11(3)5-2/h11-13H,4-10,15H2,1-3H3,(H,16,18)/t11?,13-/m0/s1. The number of nitrogens with zero attached hydrogens (tertiary/aromatic N) is 1. The van der Waals surface area contributed by atoms with Crippen LogP contribution in [-0.4, -0.2) is 42.5 Å². The van der Waals surface area contributed by atoms with Gasteiger partial charge in [0.2, 0.25) is 5.91 Å². The normalized spacial score (nSPS) is 21.6. The zero-order valence-electron chi connectivity index (χ0n) is 12.1. The zero-order valence-corrected chi connectivity index (χ0v) is 12.1. The van der Waals surface area contributed by atoms with Crippen molar-refractivity contribution in [3.63, 3.8) is 0 Å². The van der Waals surface area contributed by atoms with Crippen LogP contribution in [0.2, 0.25) is 0 Å². The van der Waals surface area contributed by atoms with Crippen molar-refractivity contribution in [2.75, 3.05) is 19.6 Å². The molecule has 18 heavy (non-hydrogen) atoms. The Kier molecular flexibility index (Phi) is 6.65. The molecule has 0 bridgehead atoms. The van der Waals surface area contributed by atoms with Crippen LogP contribution in [0.5, 0.6) is 0 Å². The fourth-order valence-corrected chi connectivity index (χ4v) is 2.43. The van der Waals surface area contributed by atoms with Crippen molar-refractivity contribution >= 4 is 5.91 Å². The minimum Gasteiger partial charge on any atom is -0.352 e. The minimum absolute atomic E-state index is 0.0262. The summed E-state index contributed by atoms with van der Waals surface area (Å²) < 4.78 is 0. The van der Waals surface area contributed by atoms with E-state index in [4.69, 9.17) is 5.73 Å². The van der Waals surface area contributed by atoms with E-state index < -0.39 is 0 Å². The molecule has 0 aromatic carbocycles. The zero-order chi connectivity index (χ0) is 13.5. The van der Waals surface area contributed by atoms with Gasteiger partial charge in [-0.1, -0.05) is 27.2 Å². The van der Waals surface area contributed by atoms with Crippen LogP contribution in [0.1, 0.15) is 46.5 Å². The second-order valence-electron chi connectivity index (χ2n) is 5.54. The van der Waals surface area contributed by atoms with Gasteiger partial charge in [0, 0.05) is 19.1 Å². The predicted molar refractivity (Wildman–Crippen MR) is 75.3 cm³/mol. The number of carbonyl (C=O) groups excluding carboxylic acids is 1. The maximum atomic E-state index is 12.0. The predicted octanol–water partition coefficient (Wildman–Crippen LogP) is 1.35. The van der Waals surface area contributed by atoms with Crippen molar-refractivity contribution in [1.82, 2.24) is 10.2 Å². The van der Waals surface area contributed by atoms with E-state index in [1.165, 1.54) is 13.0 Å². The van der Waals surface area contributed by atoms with Gasteiger partial charge in [0.25, 0.3) is 0 Å². The van der Waals surface area contributed by atoms with Crippen LogP contribution in [0, 0.1) is 5.92 Å². The van der Waals surface area contributed by atoms with Crippen LogP contribution in [0.25, 0.3) is 0 Å². The lowest BCUT2D eigenvalue weighted by atomic mass is 9.98. The smallest absolute Gasteiger partial charge is 0.237 e. The summed E-state index contributed by atoms with van der Waals surface area (Å²) in [6, 6.07) is -0.0376. The molecule has 0 aromatic rings. The number of rotatable bonds is 6. The lowest BCUT2D eigenvalue weighted by Crippen LogP contribution is -2.51. The molecule has 0 aliphatic carbocycles. The molecule has 0 radical (unpaired) electrons. The van der Waals surface area contributed by atoms with Gasteiger partial charge in [-0.15, -0.1) is 0 Å². The Bertz CT molecular complexity index is 249. The van der Waals surface area contributed by atoms with Crippen molar-refractivity contribution in [3.8, 4) is 0 Å². The van der Waals surface area contributed by atoms with Crippen LogP contribution in [0.3, 0.4) is 0 Å². The number of hydrogen-bond donors (Lipinski definition) is 2. The van der Waals surface area contributed by atoms with E-state index in [2.05, 4.69) is 24.1 Å². The van der Waals surface area contributed by atoms with E-state index in [1.807, 2.05) is 6.92 Å². The summed E-state index contributed by atoms with van der Waals surface area (Å²) in [5.41, 5.74) is 5.94. The van der Waals surface area contributed by atoms with E-state index in [0.717, 1.165) is 32.4 Å². The number of amides is 1. The number of likely N-dealkylation sites (tertiary alicyclic amines) is 1. The van der Waals surface area contributed by atoms with Gasteiger partial charge >= 0.3 is 0 Å². The highest BCUT2D eigenvalue weighted by Crippen LogP contribution is 2.12. The maximum absolute atomic E-state index is 12.0. The number of piperidine rings is 1. The molecule has 1 rings (SSSR count). The van der Waals surface area contributed by atoms with Gasteiger partial charge in [-0.05, 0) is 31.7 Å². The van der Waals surface area contributed by atoms with Gasteiger partial charge in [0.15, 0.2) is 0 Å². The molecule has 0 aromatic heterocycles. The first-order chi connectivity index (χ1) is 8.58. The third-order valence-electron chi connectivity index (χ3n) is 4.03. The van der Waals surface area contributed by atoms with Crippen molar-refractivity contribution in [1.29, 1.82) is 0 Å². The van der Waals surface area contributed by atoms with E-state index in [9.17, 15) is 4.79 Å². The molecule has 1 aliphatic heterocycles. The van der Waals surface area contributed by atoms with E-state index in [-0.39, 0.29) is 17.9 Å². The Morgan fingerprint density at radius 3 is 2.50 bits per heavy atom. The van der Waals surface area contributed by atoms with Gasteiger partial charge in [0.05, 0.1) is 6.04 Å². The maximum Gasteiger partial charge on any atom is 0.237 e. The molecule has 2 atom stereocenters. The summed E-state index contributed by atoms with van der Waals surface area (Å²) in [5.74, 6) is 0.281. The lowest BCUT2D eigenvalue weighted by Gasteiger charge is -2.33. The molecular weight excluding hydrogens is 226 g/mol. The van der Waals surface area contributed by atoms with E-state index >= 15 is 0 Å². The molecule has 1 heterocycles. The minimum atomic E-state index is -0.358. The van der Waals surface area contributed by atoms with Crippen LogP contribution in [-0.2, 0) is 4.79 Å². The summed E-state index contributed by atoms with van der Waals surface area (Å²) in [6.07, 6.45) is 4.26. The molecule has 0 spiro atoms. The monoisotopic (exact) mass is 255 g/mol. The lowest BCUT2D eigenvalue weighted by molar-refractivity contribution is -0.124. The Hall–Kier alpha value is -0.610. The fourth-order valence-electron chi connectivity index (χ4n) is 2.43. The molecule has 1 aliphatic rings. The van der Waals surface area contributed by atoms with Crippen molar-refractivity contribution < 1.29 is 4.79 Å². The van der Waals surface area contributed by atoms with Gasteiger partial charge < -0.3 is 16.0 Å². The fraction of sp³-hybridized carbons (Fsp3) is 0.929. The molecule has 1 amide bonds. The number of nitrogens with one attached hydrogen (secondary N) is 1. The number of carbonyl (C=O) groups is 1. The largest absolute Gasteiger partial charge is 0.352 e. The number of nitrogens with two attached hydrogens (primary N) is 1. The van der Waals surface area contributed by atoms with E-state index in [1.54, 1.807) is 0 Å². The third kappa shape index (κ3) is 4.58. The van der Waals surface area contributed by atoms with Crippen molar-refractivity contribution in [2.45, 2.75) is 58.5 Å². The second kappa shape index (κ2) is 7.74. The molecule has 4 nitrogen and oxygen atoms in total. The van der Waals surface area contributed by atoms with Crippen LogP contribution < -0.4 is 11.1 Å². The van der Waals surface area contributed by atoms with E-state index in [0.29, 0.717) is 6.04 Å². The van der Waals surface area contributed by atoms with Gasteiger partial charge in [0.1, 0.15) is 0 Å². The molecule has 3 N–H and O–H groups in total. The molecule has 4 heteroatoms. The molecule has 106 valence electrons. The topological polar surface area (TPSA) is 58.4 Å². The van der Waals surface area contributed by atoms with Crippen LogP contribution in [0.4, 0.5) is 0 Å². The quantitative estimate of drug-likeness (QED) is 0.753. The Morgan fingerprint density at radius 2 is 2.00 bits per heavy atom. The van der Waals surface area contributed by atoms with Gasteiger partial charge in [-0.25, -0.2) is 0 Å². The summed E-state index contributed by atoms with van der Waals surface area (Å²) in [5, 5.41) is 3.11. The molecular formula is C14H29N3O. The summed E-state index contributed by atoms with van der Waals surface area (Å²) >= 11 is 0. The van der Waals surface area contributed by atoms with Crippen LogP contribution >= 0.6 is 0 Å². The average molecular weight is 255 g/mol. The van der Waals surface area contributed by atoms with Crippen molar-refractivity contribution in [3.05, 3.63) is 0 Å². The highest BCUT2D eigenvalue weighted by molar-refractivity contribution is 5.82. The first-order valence-corrected chi connectivity index (χ1v) is 7.36. The highest BCUT2D eigenvalue weighted by atomic mass is 16.2. The molecule has 1 saturated heterocycles. The third-order valence-corrected chi connectivity index (χ3v) is 4.03. The first-order valence-electron chi connectivity index (χ1n) is 7.36. The Labute approximate surface area is 111 Å². The number of hydrogen-bond acceptors (Lipinski definition) is 3. The molecule has 0 saturated carbocycles. The van der Waals surface area contributed by atoms with Gasteiger partial charge in [-0.3, -0.25) is 4.79 Å². The summed E-state index contributed by atoms with van der Waals surface area (Å²) in [7, 11) is 0. The first kappa shape index (κ1) is 15.4. The van der Waals surface area contributed by atoms with Crippen LogP contribution in [0.15, 0.2) is 0 Å². The average Bonchev–Trinajstić information content (AvgIpc) is 2.39. The molecule has 1 unspecified atom stereocenters.